The minimum Gasteiger partial charge on any atom is -0.496 e. The fourth-order valence-corrected chi connectivity index (χ4v) is 2.60. The van der Waals surface area contributed by atoms with Crippen molar-refractivity contribution < 1.29 is 9.84 Å². The monoisotopic (exact) mass is 265 g/mol. The molecule has 0 spiro atoms. The van der Waals surface area contributed by atoms with Crippen LogP contribution in [-0.4, -0.2) is 37.3 Å². The Kier molecular flexibility index (Phi) is 5.39. The third kappa shape index (κ3) is 4.51. The molecule has 3 nitrogen and oxygen atoms in total. The molecule has 0 bridgehead atoms. The second kappa shape index (κ2) is 6.40. The zero-order valence-corrected chi connectivity index (χ0v) is 13.1. The van der Waals surface area contributed by atoms with Gasteiger partial charge in [0.05, 0.1) is 7.11 Å². The minimum absolute atomic E-state index is 0.0642. The first kappa shape index (κ1) is 16.0. The lowest BCUT2D eigenvalue weighted by Crippen LogP contribution is -2.33. The van der Waals surface area contributed by atoms with E-state index in [-0.39, 0.29) is 12.0 Å². The highest BCUT2D eigenvalue weighted by molar-refractivity contribution is 5.43. The van der Waals surface area contributed by atoms with Gasteiger partial charge in [-0.05, 0) is 37.6 Å². The first-order chi connectivity index (χ1) is 8.79. The molecule has 0 aliphatic carbocycles. The Hall–Kier alpha value is -1.06. The molecule has 1 rings (SSSR count). The first-order valence-corrected chi connectivity index (χ1v) is 6.72. The van der Waals surface area contributed by atoms with E-state index in [1.807, 2.05) is 0 Å². The van der Waals surface area contributed by atoms with E-state index in [9.17, 15) is 5.11 Å². The Labute approximate surface area is 117 Å². The zero-order valence-electron chi connectivity index (χ0n) is 13.1. The zero-order chi connectivity index (χ0) is 14.6. The lowest BCUT2D eigenvalue weighted by Gasteiger charge is -2.28. The molecule has 0 saturated heterocycles. The van der Waals surface area contributed by atoms with Crippen molar-refractivity contribution in [3.63, 3.8) is 0 Å². The number of methoxy groups -OCH3 is 1. The average Bonchev–Trinajstić information content (AvgIpc) is 2.27. The van der Waals surface area contributed by atoms with Crippen LogP contribution in [-0.2, 0) is 6.54 Å². The molecule has 1 N–H and O–H groups in total. The fraction of sp³-hybridized carbons (Fsp3) is 0.625. The quantitative estimate of drug-likeness (QED) is 0.858. The molecule has 19 heavy (non-hydrogen) atoms. The van der Waals surface area contributed by atoms with Crippen molar-refractivity contribution in [2.75, 3.05) is 27.3 Å². The van der Waals surface area contributed by atoms with Gasteiger partial charge in [-0.3, -0.25) is 0 Å². The maximum atomic E-state index is 9.32. The maximum absolute atomic E-state index is 9.32. The van der Waals surface area contributed by atoms with Crippen LogP contribution >= 0.6 is 0 Å². The summed E-state index contributed by atoms with van der Waals surface area (Å²) >= 11 is 0. The van der Waals surface area contributed by atoms with E-state index in [1.165, 1.54) is 16.7 Å². The fourth-order valence-electron chi connectivity index (χ4n) is 2.60. The van der Waals surface area contributed by atoms with E-state index < -0.39 is 0 Å². The van der Waals surface area contributed by atoms with Gasteiger partial charge in [0, 0.05) is 25.1 Å². The molecule has 0 radical (unpaired) electrons. The van der Waals surface area contributed by atoms with Gasteiger partial charge in [-0.1, -0.05) is 26.0 Å². The summed E-state index contributed by atoms with van der Waals surface area (Å²) < 4.78 is 5.39. The van der Waals surface area contributed by atoms with Gasteiger partial charge in [0.25, 0.3) is 0 Å². The van der Waals surface area contributed by atoms with Gasteiger partial charge in [0.2, 0.25) is 0 Å². The van der Waals surface area contributed by atoms with Crippen molar-refractivity contribution in [1.82, 2.24) is 4.90 Å². The summed E-state index contributed by atoms with van der Waals surface area (Å²) in [6, 6.07) is 4.35. The molecule has 0 fully saturated rings. The lowest BCUT2D eigenvalue weighted by molar-refractivity contribution is 0.112. The summed E-state index contributed by atoms with van der Waals surface area (Å²) in [5.74, 6) is 0.974. The highest BCUT2D eigenvalue weighted by Gasteiger charge is 2.19. The minimum atomic E-state index is -0.0642. The average molecular weight is 265 g/mol. The van der Waals surface area contributed by atoms with E-state index in [4.69, 9.17) is 4.74 Å². The van der Waals surface area contributed by atoms with Crippen molar-refractivity contribution in [3.8, 4) is 5.75 Å². The van der Waals surface area contributed by atoms with Gasteiger partial charge in [0.15, 0.2) is 0 Å². The molecule has 1 aromatic rings. The number of aryl methyl sites for hydroxylation is 2. The number of hydrogen-bond acceptors (Lipinski definition) is 3. The molecular formula is C16H27NO2. The highest BCUT2D eigenvalue weighted by Crippen LogP contribution is 2.25. The number of aliphatic hydroxyl groups excluding tert-OH is 1. The van der Waals surface area contributed by atoms with E-state index in [2.05, 4.69) is 51.8 Å². The summed E-state index contributed by atoms with van der Waals surface area (Å²) in [5, 5.41) is 9.32. The smallest absolute Gasteiger partial charge is 0.124 e. The third-order valence-electron chi connectivity index (χ3n) is 3.30. The number of rotatable bonds is 6. The van der Waals surface area contributed by atoms with Crippen LogP contribution in [0.1, 0.15) is 30.5 Å². The predicted octanol–water partition coefficient (Wildman–Crippen LogP) is 2.76. The number of hydrogen-bond donors (Lipinski definition) is 1. The topological polar surface area (TPSA) is 32.7 Å². The van der Waals surface area contributed by atoms with Crippen LogP contribution < -0.4 is 4.74 Å². The first-order valence-electron chi connectivity index (χ1n) is 6.72. The molecule has 0 heterocycles. The van der Waals surface area contributed by atoms with Gasteiger partial charge in [-0.2, -0.15) is 0 Å². The normalized spacial score (nSPS) is 12.0. The Morgan fingerprint density at radius 2 is 1.74 bits per heavy atom. The van der Waals surface area contributed by atoms with E-state index in [0.717, 1.165) is 18.8 Å². The third-order valence-corrected chi connectivity index (χ3v) is 3.30. The predicted molar refractivity (Wildman–Crippen MR) is 79.7 cm³/mol. The molecule has 1 aromatic carbocycles. The van der Waals surface area contributed by atoms with Crippen LogP contribution in [0.15, 0.2) is 12.1 Å². The van der Waals surface area contributed by atoms with Crippen LogP contribution in [0.4, 0.5) is 0 Å². The molecule has 0 unspecified atom stereocenters. The van der Waals surface area contributed by atoms with Gasteiger partial charge in [0.1, 0.15) is 5.75 Å². The standard InChI is InChI=1S/C16H27NO2/c1-12-7-14(8-13(2)15(12)19-6)9-17(5)10-16(3,4)11-18/h7-8,18H,9-11H2,1-6H3. The van der Waals surface area contributed by atoms with Crippen LogP contribution in [0.2, 0.25) is 0 Å². The molecular weight excluding hydrogens is 238 g/mol. The van der Waals surface area contributed by atoms with E-state index >= 15 is 0 Å². The summed E-state index contributed by atoms with van der Waals surface area (Å²) in [5.41, 5.74) is 3.57. The summed E-state index contributed by atoms with van der Waals surface area (Å²) in [4.78, 5) is 2.25. The van der Waals surface area contributed by atoms with Gasteiger partial charge >= 0.3 is 0 Å². The molecule has 108 valence electrons. The van der Waals surface area contributed by atoms with Crippen molar-refractivity contribution >= 4 is 0 Å². The van der Waals surface area contributed by atoms with Crippen molar-refractivity contribution in [2.45, 2.75) is 34.2 Å². The highest BCUT2D eigenvalue weighted by atomic mass is 16.5. The summed E-state index contributed by atoms with van der Waals surface area (Å²) in [6.45, 7) is 10.3. The second-order valence-electron chi connectivity index (χ2n) is 6.26. The van der Waals surface area contributed by atoms with Crippen LogP contribution in [0.25, 0.3) is 0 Å². The molecule has 0 atom stereocenters. The molecule has 3 heteroatoms. The largest absolute Gasteiger partial charge is 0.496 e. The number of nitrogens with zero attached hydrogens (tertiary/aromatic N) is 1. The lowest BCUT2D eigenvalue weighted by atomic mass is 9.94. The molecule has 0 aliphatic rings. The van der Waals surface area contributed by atoms with Gasteiger partial charge < -0.3 is 14.7 Å². The number of ether oxygens (including phenoxy) is 1. The maximum Gasteiger partial charge on any atom is 0.124 e. The Morgan fingerprint density at radius 1 is 1.21 bits per heavy atom. The summed E-state index contributed by atoms with van der Waals surface area (Å²) in [7, 11) is 3.80. The second-order valence-corrected chi connectivity index (χ2v) is 6.26. The van der Waals surface area contributed by atoms with Crippen molar-refractivity contribution in [3.05, 3.63) is 28.8 Å². The number of aliphatic hydroxyl groups is 1. The van der Waals surface area contributed by atoms with Gasteiger partial charge in [-0.25, -0.2) is 0 Å². The van der Waals surface area contributed by atoms with Crippen molar-refractivity contribution in [2.24, 2.45) is 5.41 Å². The van der Waals surface area contributed by atoms with Crippen molar-refractivity contribution in [1.29, 1.82) is 0 Å². The van der Waals surface area contributed by atoms with E-state index in [1.54, 1.807) is 7.11 Å². The van der Waals surface area contributed by atoms with E-state index in [0.29, 0.717) is 0 Å². The summed E-state index contributed by atoms with van der Waals surface area (Å²) in [6.07, 6.45) is 0. The Morgan fingerprint density at radius 3 is 2.16 bits per heavy atom. The number of benzene rings is 1. The Bertz CT molecular complexity index is 404. The molecule has 0 aromatic heterocycles. The SMILES string of the molecule is COc1c(C)cc(CN(C)CC(C)(C)CO)cc1C. The molecule has 0 aliphatic heterocycles. The Balaban J connectivity index is 2.78. The van der Waals surface area contributed by atoms with Crippen LogP contribution in [0.5, 0.6) is 5.75 Å². The van der Waals surface area contributed by atoms with Gasteiger partial charge in [-0.15, -0.1) is 0 Å². The van der Waals surface area contributed by atoms with Crippen LogP contribution in [0, 0.1) is 19.3 Å². The molecule has 0 saturated carbocycles. The van der Waals surface area contributed by atoms with Crippen LogP contribution in [0.3, 0.4) is 0 Å². The molecule has 0 amide bonds.